The summed E-state index contributed by atoms with van der Waals surface area (Å²) in [6.07, 6.45) is 0.900. The van der Waals surface area contributed by atoms with Crippen LogP contribution in [0.4, 0.5) is 5.69 Å². The van der Waals surface area contributed by atoms with Crippen molar-refractivity contribution in [3.8, 4) is 5.75 Å². The zero-order chi connectivity index (χ0) is 15.8. The summed E-state index contributed by atoms with van der Waals surface area (Å²) < 4.78 is 5.86. The molecule has 122 valence electrons. The second-order valence-corrected chi connectivity index (χ2v) is 5.55. The number of rotatable bonds is 8. The number of benzene rings is 1. The SMILES string of the molecule is CCN(CC)CCOc1ccccc1NC(=O)C1CCNC1. The van der Waals surface area contributed by atoms with Gasteiger partial charge in [0.2, 0.25) is 5.91 Å². The Morgan fingerprint density at radius 3 is 2.82 bits per heavy atom. The Labute approximate surface area is 133 Å². The van der Waals surface area contributed by atoms with Crippen LogP contribution in [0.15, 0.2) is 24.3 Å². The van der Waals surface area contributed by atoms with Crippen molar-refractivity contribution in [1.29, 1.82) is 0 Å². The van der Waals surface area contributed by atoms with Crippen molar-refractivity contribution in [2.24, 2.45) is 5.92 Å². The first-order valence-electron chi connectivity index (χ1n) is 8.20. The molecule has 0 aliphatic carbocycles. The Hall–Kier alpha value is -1.59. The summed E-state index contributed by atoms with van der Waals surface area (Å²) in [5.74, 6) is 0.877. The number of carbonyl (C=O) groups excluding carboxylic acids is 1. The van der Waals surface area contributed by atoms with Gasteiger partial charge in [0.1, 0.15) is 12.4 Å². The van der Waals surface area contributed by atoms with E-state index in [1.807, 2.05) is 24.3 Å². The van der Waals surface area contributed by atoms with Gasteiger partial charge in [-0.15, -0.1) is 0 Å². The Bertz CT molecular complexity index is 469. The fraction of sp³-hybridized carbons (Fsp3) is 0.588. The normalized spacial score (nSPS) is 17.7. The first-order chi connectivity index (χ1) is 10.7. The first kappa shape index (κ1) is 16.8. The molecular weight excluding hydrogens is 278 g/mol. The van der Waals surface area contributed by atoms with Gasteiger partial charge in [-0.1, -0.05) is 26.0 Å². The second kappa shape index (κ2) is 8.76. The number of likely N-dealkylation sites (N-methyl/N-ethyl adjacent to an activating group) is 1. The fourth-order valence-corrected chi connectivity index (χ4v) is 2.63. The van der Waals surface area contributed by atoms with Gasteiger partial charge in [0.25, 0.3) is 0 Å². The van der Waals surface area contributed by atoms with E-state index in [9.17, 15) is 4.79 Å². The largest absolute Gasteiger partial charge is 0.490 e. The minimum absolute atomic E-state index is 0.0590. The molecule has 1 fully saturated rings. The number of ether oxygens (including phenoxy) is 1. The number of para-hydroxylation sites is 2. The van der Waals surface area contributed by atoms with Crippen molar-refractivity contribution in [3.05, 3.63) is 24.3 Å². The van der Waals surface area contributed by atoms with Crippen molar-refractivity contribution in [2.75, 3.05) is 44.6 Å². The fourth-order valence-electron chi connectivity index (χ4n) is 2.63. The molecular formula is C17H27N3O2. The number of hydrogen-bond donors (Lipinski definition) is 2. The first-order valence-corrected chi connectivity index (χ1v) is 8.20. The van der Waals surface area contributed by atoms with E-state index >= 15 is 0 Å². The summed E-state index contributed by atoms with van der Waals surface area (Å²) in [5, 5.41) is 6.22. The maximum Gasteiger partial charge on any atom is 0.228 e. The lowest BCUT2D eigenvalue weighted by atomic mass is 10.1. The molecule has 1 saturated heterocycles. The predicted octanol–water partition coefficient (Wildman–Crippen LogP) is 1.96. The molecule has 1 amide bonds. The van der Waals surface area contributed by atoms with Crippen LogP contribution in [0.5, 0.6) is 5.75 Å². The molecule has 1 aliphatic heterocycles. The van der Waals surface area contributed by atoms with E-state index in [0.29, 0.717) is 6.61 Å². The standard InChI is InChI=1S/C17H27N3O2/c1-3-20(4-2)11-12-22-16-8-6-5-7-15(16)19-17(21)14-9-10-18-13-14/h5-8,14,18H,3-4,9-13H2,1-2H3,(H,19,21). The molecule has 1 aliphatic rings. The Morgan fingerprint density at radius 1 is 1.36 bits per heavy atom. The molecule has 1 unspecified atom stereocenters. The molecule has 0 saturated carbocycles. The van der Waals surface area contributed by atoms with E-state index in [1.165, 1.54) is 0 Å². The maximum absolute atomic E-state index is 12.2. The molecule has 0 radical (unpaired) electrons. The monoisotopic (exact) mass is 305 g/mol. The number of hydrogen-bond acceptors (Lipinski definition) is 4. The smallest absolute Gasteiger partial charge is 0.228 e. The molecule has 5 nitrogen and oxygen atoms in total. The average molecular weight is 305 g/mol. The zero-order valence-corrected chi connectivity index (χ0v) is 13.6. The van der Waals surface area contributed by atoms with Crippen LogP contribution in [0.1, 0.15) is 20.3 Å². The number of amides is 1. The molecule has 5 heteroatoms. The Kier molecular flexibility index (Phi) is 6.68. The maximum atomic E-state index is 12.2. The lowest BCUT2D eigenvalue weighted by Crippen LogP contribution is -2.28. The topological polar surface area (TPSA) is 53.6 Å². The quantitative estimate of drug-likeness (QED) is 0.771. The van der Waals surface area contributed by atoms with Crippen molar-refractivity contribution in [2.45, 2.75) is 20.3 Å². The number of nitrogens with zero attached hydrogens (tertiary/aromatic N) is 1. The second-order valence-electron chi connectivity index (χ2n) is 5.55. The number of carbonyl (C=O) groups is 1. The van der Waals surface area contributed by atoms with E-state index in [4.69, 9.17) is 4.74 Å². The highest BCUT2D eigenvalue weighted by Gasteiger charge is 2.23. The molecule has 2 N–H and O–H groups in total. The Morgan fingerprint density at radius 2 is 2.14 bits per heavy atom. The highest BCUT2D eigenvalue weighted by molar-refractivity contribution is 5.94. The molecule has 1 aromatic carbocycles. The summed E-state index contributed by atoms with van der Waals surface area (Å²) in [4.78, 5) is 14.5. The molecule has 22 heavy (non-hydrogen) atoms. The van der Waals surface area contributed by atoms with E-state index in [2.05, 4.69) is 29.4 Å². The van der Waals surface area contributed by atoms with Crippen LogP contribution in [0.3, 0.4) is 0 Å². The van der Waals surface area contributed by atoms with Gasteiger partial charge in [-0.25, -0.2) is 0 Å². The zero-order valence-electron chi connectivity index (χ0n) is 13.6. The van der Waals surface area contributed by atoms with Crippen LogP contribution in [0, 0.1) is 5.92 Å². The van der Waals surface area contributed by atoms with Crippen molar-refractivity contribution in [1.82, 2.24) is 10.2 Å². The molecule has 1 heterocycles. The van der Waals surface area contributed by atoms with Gasteiger partial charge in [-0.05, 0) is 38.2 Å². The lowest BCUT2D eigenvalue weighted by molar-refractivity contribution is -0.119. The number of nitrogens with one attached hydrogen (secondary N) is 2. The average Bonchev–Trinajstić information content (AvgIpc) is 3.07. The van der Waals surface area contributed by atoms with Crippen LogP contribution >= 0.6 is 0 Å². The summed E-state index contributed by atoms with van der Waals surface area (Å²) in [5.41, 5.74) is 0.763. The van der Waals surface area contributed by atoms with Crippen LogP contribution in [0.25, 0.3) is 0 Å². The van der Waals surface area contributed by atoms with E-state index in [-0.39, 0.29) is 11.8 Å². The molecule has 2 rings (SSSR count). The van der Waals surface area contributed by atoms with Gasteiger partial charge >= 0.3 is 0 Å². The third-order valence-corrected chi connectivity index (χ3v) is 4.14. The Balaban J connectivity index is 1.90. The van der Waals surface area contributed by atoms with E-state index in [0.717, 1.165) is 50.6 Å². The minimum Gasteiger partial charge on any atom is -0.490 e. The van der Waals surface area contributed by atoms with Crippen LogP contribution < -0.4 is 15.4 Å². The third kappa shape index (κ3) is 4.71. The highest BCUT2D eigenvalue weighted by Crippen LogP contribution is 2.25. The van der Waals surface area contributed by atoms with E-state index < -0.39 is 0 Å². The van der Waals surface area contributed by atoms with Gasteiger partial charge < -0.3 is 20.3 Å². The lowest BCUT2D eigenvalue weighted by Gasteiger charge is -2.19. The van der Waals surface area contributed by atoms with Gasteiger partial charge in [-0.2, -0.15) is 0 Å². The van der Waals surface area contributed by atoms with Crippen LogP contribution in [-0.2, 0) is 4.79 Å². The molecule has 1 aromatic rings. The van der Waals surface area contributed by atoms with Gasteiger partial charge in [-0.3, -0.25) is 4.79 Å². The van der Waals surface area contributed by atoms with Gasteiger partial charge in [0.05, 0.1) is 11.6 Å². The predicted molar refractivity (Wildman–Crippen MR) is 89.3 cm³/mol. The van der Waals surface area contributed by atoms with Crippen molar-refractivity contribution >= 4 is 11.6 Å². The van der Waals surface area contributed by atoms with E-state index in [1.54, 1.807) is 0 Å². The van der Waals surface area contributed by atoms with Gasteiger partial charge in [0.15, 0.2) is 0 Å². The third-order valence-electron chi connectivity index (χ3n) is 4.14. The minimum atomic E-state index is 0.0590. The molecule has 0 spiro atoms. The van der Waals surface area contributed by atoms with Gasteiger partial charge in [0, 0.05) is 13.1 Å². The van der Waals surface area contributed by atoms with Crippen LogP contribution in [0.2, 0.25) is 0 Å². The summed E-state index contributed by atoms with van der Waals surface area (Å²) in [7, 11) is 0. The van der Waals surface area contributed by atoms with Crippen LogP contribution in [-0.4, -0.2) is 50.1 Å². The van der Waals surface area contributed by atoms with Crippen molar-refractivity contribution in [3.63, 3.8) is 0 Å². The molecule has 0 aromatic heterocycles. The summed E-state index contributed by atoms with van der Waals surface area (Å²) >= 11 is 0. The molecule has 1 atom stereocenters. The summed E-state index contributed by atoms with van der Waals surface area (Å²) in [6, 6.07) is 7.65. The molecule has 0 bridgehead atoms. The number of anilines is 1. The van der Waals surface area contributed by atoms with Crippen molar-refractivity contribution < 1.29 is 9.53 Å². The summed E-state index contributed by atoms with van der Waals surface area (Å²) in [6.45, 7) is 9.53. The highest BCUT2D eigenvalue weighted by atomic mass is 16.5.